The second-order valence-corrected chi connectivity index (χ2v) is 6.64. The molecule has 2 N–H and O–H groups in total. The molecule has 152 valence electrons. The summed E-state index contributed by atoms with van der Waals surface area (Å²) in [6, 6.07) is 1.76. The second-order valence-electron chi connectivity index (χ2n) is 6.64. The van der Waals surface area contributed by atoms with E-state index >= 15 is 0 Å². The molecule has 0 bridgehead atoms. The highest BCUT2D eigenvalue weighted by atomic mass is 16.1. The maximum atomic E-state index is 11.4. The van der Waals surface area contributed by atoms with Gasteiger partial charge in [0, 0.05) is 50.0 Å². The van der Waals surface area contributed by atoms with Gasteiger partial charge in [0.15, 0.2) is 6.29 Å². The molecular weight excluding hydrogens is 368 g/mol. The number of carbonyl (C=O) groups excluding carboxylic acids is 1. The number of aromatic nitrogens is 3. The highest BCUT2D eigenvalue weighted by molar-refractivity contribution is 5.86. The summed E-state index contributed by atoms with van der Waals surface area (Å²) < 4.78 is 1.81. The van der Waals surface area contributed by atoms with Crippen molar-refractivity contribution in [1.82, 2.24) is 24.8 Å². The molecule has 9 nitrogen and oxygen atoms in total. The number of nitrogens with one attached hydrogen (secondary N) is 2. The first-order valence-electron chi connectivity index (χ1n) is 9.48. The summed E-state index contributed by atoms with van der Waals surface area (Å²) in [7, 11) is 0. The summed E-state index contributed by atoms with van der Waals surface area (Å²) in [5.41, 5.74) is 2.35. The Morgan fingerprint density at radius 3 is 2.83 bits per heavy atom. The van der Waals surface area contributed by atoms with E-state index in [1.54, 1.807) is 12.3 Å². The molecule has 3 heterocycles. The van der Waals surface area contributed by atoms with Gasteiger partial charge < -0.3 is 20.1 Å². The number of hydrogen-bond acceptors (Lipinski definition) is 8. The van der Waals surface area contributed by atoms with Crippen molar-refractivity contribution in [3.8, 4) is 0 Å². The van der Waals surface area contributed by atoms with Crippen LogP contribution < -0.4 is 10.6 Å². The molecule has 2 aromatic heterocycles. The molecule has 0 aromatic carbocycles. The molecule has 1 aliphatic rings. The van der Waals surface area contributed by atoms with Gasteiger partial charge in [-0.05, 0) is 38.6 Å². The number of allylic oxidation sites excluding steroid dienone is 3. The molecule has 1 fully saturated rings. The zero-order chi connectivity index (χ0) is 20.6. The maximum Gasteiger partial charge on any atom is 0.230 e. The largest absolute Gasteiger partial charge is 0.372 e. The van der Waals surface area contributed by atoms with Gasteiger partial charge in [0.2, 0.25) is 5.95 Å². The number of piperazine rings is 1. The minimum atomic E-state index is 0.382. The van der Waals surface area contributed by atoms with Crippen molar-refractivity contribution >= 4 is 36.7 Å². The van der Waals surface area contributed by atoms with Gasteiger partial charge in [-0.15, -0.1) is 0 Å². The lowest BCUT2D eigenvalue weighted by atomic mass is 10.3. The third-order valence-electron chi connectivity index (χ3n) is 4.78. The van der Waals surface area contributed by atoms with E-state index in [4.69, 9.17) is 0 Å². The Labute approximate surface area is 170 Å². The van der Waals surface area contributed by atoms with Crippen LogP contribution >= 0.6 is 0 Å². The van der Waals surface area contributed by atoms with Crippen molar-refractivity contribution in [2.45, 2.75) is 13.5 Å². The van der Waals surface area contributed by atoms with E-state index in [0.717, 1.165) is 43.5 Å². The smallest absolute Gasteiger partial charge is 0.230 e. The number of fused-ring (bicyclic) bond motifs is 1. The molecule has 0 amide bonds. The first kappa shape index (κ1) is 20.4. The third kappa shape index (κ3) is 4.94. The minimum absolute atomic E-state index is 0.382. The van der Waals surface area contributed by atoms with E-state index in [-0.39, 0.29) is 0 Å². The number of rotatable bonds is 9. The van der Waals surface area contributed by atoms with E-state index in [1.165, 1.54) is 0 Å². The Morgan fingerprint density at radius 1 is 1.34 bits per heavy atom. The first-order valence-corrected chi connectivity index (χ1v) is 9.48. The number of hydrogen-bond donors (Lipinski definition) is 2. The predicted octanol–water partition coefficient (Wildman–Crippen LogP) is 1.71. The number of aliphatic imine (C=N–C) groups is 2. The minimum Gasteiger partial charge on any atom is -0.372 e. The third-order valence-corrected chi connectivity index (χ3v) is 4.78. The van der Waals surface area contributed by atoms with E-state index in [9.17, 15) is 4.79 Å². The quantitative estimate of drug-likeness (QED) is 0.382. The molecule has 0 atom stereocenters. The zero-order valence-electron chi connectivity index (χ0n) is 16.6. The lowest BCUT2D eigenvalue weighted by Gasteiger charge is -2.29. The van der Waals surface area contributed by atoms with Crippen molar-refractivity contribution in [2.75, 3.05) is 38.0 Å². The molecule has 9 heteroatoms. The molecule has 3 rings (SSSR count). The Kier molecular flexibility index (Phi) is 6.85. The summed E-state index contributed by atoms with van der Waals surface area (Å²) in [6.45, 7) is 14.1. The summed E-state index contributed by atoms with van der Waals surface area (Å²) in [4.78, 5) is 30.5. The van der Waals surface area contributed by atoms with Gasteiger partial charge in [0.25, 0.3) is 0 Å². The van der Waals surface area contributed by atoms with Crippen molar-refractivity contribution in [3.05, 3.63) is 41.6 Å². The average molecular weight is 394 g/mol. The normalized spacial score (nSPS) is 15.4. The summed E-state index contributed by atoms with van der Waals surface area (Å²) in [6.07, 6.45) is 6.34. The van der Waals surface area contributed by atoms with Crippen LogP contribution in [0.15, 0.2) is 45.9 Å². The molecule has 0 radical (unpaired) electrons. The SMILES string of the molecule is C=NCCn1c(C=O)cc2cnc(N/C(=C/C=C(\C)N3CCNCC3)N=C)nc21. The van der Waals surface area contributed by atoms with Gasteiger partial charge in [-0.2, -0.15) is 4.98 Å². The van der Waals surface area contributed by atoms with Crippen LogP contribution in [0.5, 0.6) is 0 Å². The van der Waals surface area contributed by atoms with Crippen LogP contribution in [0.25, 0.3) is 11.0 Å². The molecule has 1 aliphatic heterocycles. The standard InChI is InChI=1S/C20H26N8O/c1-15(27-9-7-23-8-10-27)4-5-18(22-3)25-20-24-13-16-12-17(14-29)28(11-6-21-2)19(16)26-20/h4-5,12-14,23H,2-3,6-11H2,1H3,(H,24,25,26)/b15-4+,18-5+. The number of nitrogens with zero attached hydrogens (tertiary/aromatic N) is 6. The second kappa shape index (κ2) is 9.74. The Hall–Kier alpha value is -3.33. The first-order chi connectivity index (χ1) is 14.2. The van der Waals surface area contributed by atoms with Crippen molar-refractivity contribution in [2.24, 2.45) is 9.98 Å². The lowest BCUT2D eigenvalue weighted by Crippen LogP contribution is -2.42. The van der Waals surface area contributed by atoms with Gasteiger partial charge in [-0.25, -0.2) is 9.98 Å². The van der Waals surface area contributed by atoms with E-state index in [0.29, 0.717) is 36.2 Å². The van der Waals surface area contributed by atoms with Crippen LogP contribution in [0.3, 0.4) is 0 Å². The van der Waals surface area contributed by atoms with Crippen LogP contribution in [-0.2, 0) is 6.54 Å². The fraction of sp³-hybridized carbons (Fsp3) is 0.350. The Balaban J connectivity index is 1.82. The Bertz CT molecular complexity index is 953. The lowest BCUT2D eigenvalue weighted by molar-refractivity contribution is 0.111. The molecule has 1 saturated heterocycles. The fourth-order valence-corrected chi connectivity index (χ4v) is 3.19. The summed E-state index contributed by atoms with van der Waals surface area (Å²) in [5, 5.41) is 7.21. The van der Waals surface area contributed by atoms with Gasteiger partial charge in [0.05, 0.1) is 12.2 Å². The Morgan fingerprint density at radius 2 is 2.14 bits per heavy atom. The molecule has 2 aromatic rings. The average Bonchev–Trinajstić information content (AvgIpc) is 3.12. The molecule has 0 aliphatic carbocycles. The van der Waals surface area contributed by atoms with Gasteiger partial charge in [-0.3, -0.25) is 9.79 Å². The van der Waals surface area contributed by atoms with Gasteiger partial charge >= 0.3 is 0 Å². The van der Waals surface area contributed by atoms with E-state index < -0.39 is 0 Å². The molecule has 0 saturated carbocycles. The highest BCUT2D eigenvalue weighted by Crippen LogP contribution is 2.19. The summed E-state index contributed by atoms with van der Waals surface area (Å²) >= 11 is 0. The van der Waals surface area contributed by atoms with Crippen LogP contribution in [-0.4, -0.2) is 71.9 Å². The highest BCUT2D eigenvalue weighted by Gasteiger charge is 2.12. The monoisotopic (exact) mass is 394 g/mol. The number of anilines is 1. The van der Waals surface area contributed by atoms with Crippen LogP contribution in [0, 0.1) is 0 Å². The van der Waals surface area contributed by atoms with E-state index in [2.05, 4.69) is 55.8 Å². The van der Waals surface area contributed by atoms with E-state index in [1.807, 2.05) is 16.7 Å². The predicted molar refractivity (Wildman–Crippen MR) is 117 cm³/mol. The number of aldehydes is 1. The van der Waals surface area contributed by atoms with Crippen molar-refractivity contribution in [1.29, 1.82) is 0 Å². The van der Waals surface area contributed by atoms with Crippen LogP contribution in [0.2, 0.25) is 0 Å². The van der Waals surface area contributed by atoms with Crippen LogP contribution in [0.4, 0.5) is 5.95 Å². The molecule has 0 unspecified atom stereocenters. The van der Waals surface area contributed by atoms with Gasteiger partial charge in [-0.1, -0.05) is 0 Å². The summed E-state index contributed by atoms with van der Waals surface area (Å²) in [5.74, 6) is 0.924. The topological polar surface area (TPSA) is 99.8 Å². The molecule has 29 heavy (non-hydrogen) atoms. The van der Waals surface area contributed by atoms with Crippen molar-refractivity contribution < 1.29 is 4.79 Å². The van der Waals surface area contributed by atoms with Gasteiger partial charge in [0.1, 0.15) is 11.5 Å². The van der Waals surface area contributed by atoms with Crippen molar-refractivity contribution in [3.63, 3.8) is 0 Å². The maximum absolute atomic E-state index is 11.4. The molecular formula is C20H26N8O. The zero-order valence-corrected chi connectivity index (χ0v) is 16.6. The van der Waals surface area contributed by atoms with Crippen LogP contribution in [0.1, 0.15) is 17.4 Å². The number of carbonyl (C=O) groups is 1. The molecule has 0 spiro atoms. The fourth-order valence-electron chi connectivity index (χ4n) is 3.19.